The highest BCUT2D eigenvalue weighted by molar-refractivity contribution is 8.02. The Morgan fingerprint density at radius 3 is 2.56 bits per heavy atom. The molecule has 1 aliphatic carbocycles. The van der Waals surface area contributed by atoms with E-state index in [1.165, 1.54) is 33.2 Å². The monoisotopic (exact) mass is 505 g/mol. The van der Waals surface area contributed by atoms with Gasteiger partial charge in [0.1, 0.15) is 11.6 Å². The molecule has 0 radical (unpaired) electrons. The van der Waals surface area contributed by atoms with Crippen LogP contribution in [0.4, 0.5) is 0 Å². The molecular formula is C31H23NO2S2. The van der Waals surface area contributed by atoms with Gasteiger partial charge in [-0.2, -0.15) is 5.26 Å². The Bertz CT molecular complexity index is 1480. The van der Waals surface area contributed by atoms with Crippen LogP contribution in [0.5, 0.6) is 0 Å². The molecule has 3 aromatic rings. The summed E-state index contributed by atoms with van der Waals surface area (Å²) in [6, 6.07) is 23.2. The van der Waals surface area contributed by atoms with E-state index in [9.17, 15) is 4.79 Å². The van der Waals surface area contributed by atoms with Crippen LogP contribution >= 0.6 is 23.1 Å². The number of nitriles is 1. The van der Waals surface area contributed by atoms with E-state index >= 15 is 0 Å². The van der Waals surface area contributed by atoms with Gasteiger partial charge in [0.2, 0.25) is 0 Å². The fourth-order valence-corrected chi connectivity index (χ4v) is 6.56. The minimum absolute atomic E-state index is 0.243. The first kappa shape index (κ1) is 23.9. The zero-order valence-corrected chi connectivity index (χ0v) is 21.1. The number of allylic oxidation sites excluding steroid dienone is 6. The standard InChI is InChI=1S/C31H23NO2S2/c32-19-25(31(33)34)16-27-18-30-26(20-35-27)17-29(36-30)24-13-11-21(12-14-24)15-28(22-7-3-1-4-8-22)23-9-5-2-6-10-23/h1-9,11-18,23H,10,20H2,(H,33,34)/b25-16+,28-15-. The molecule has 2 heterocycles. The number of aliphatic carboxylic acids is 1. The lowest BCUT2D eigenvalue weighted by atomic mass is 9.86. The molecule has 1 atom stereocenters. The number of thiophene rings is 1. The van der Waals surface area contributed by atoms with Gasteiger partial charge in [-0.05, 0) is 52.5 Å². The van der Waals surface area contributed by atoms with Gasteiger partial charge in [-0.1, -0.05) is 85.0 Å². The number of fused-ring (bicyclic) bond motifs is 1. The van der Waals surface area contributed by atoms with Crippen LogP contribution in [0.3, 0.4) is 0 Å². The van der Waals surface area contributed by atoms with Crippen molar-refractivity contribution in [2.75, 3.05) is 0 Å². The van der Waals surface area contributed by atoms with Gasteiger partial charge in [-0.15, -0.1) is 23.1 Å². The van der Waals surface area contributed by atoms with Gasteiger partial charge in [-0.25, -0.2) is 4.79 Å². The molecule has 1 N–H and O–H groups in total. The smallest absolute Gasteiger partial charge is 0.346 e. The van der Waals surface area contributed by atoms with Gasteiger partial charge >= 0.3 is 5.97 Å². The summed E-state index contributed by atoms with van der Waals surface area (Å²) in [5.41, 5.74) is 5.88. The van der Waals surface area contributed by atoms with Crippen LogP contribution in [0, 0.1) is 17.2 Å². The third-order valence-electron chi connectivity index (χ3n) is 6.15. The summed E-state index contributed by atoms with van der Waals surface area (Å²) in [6.07, 6.45) is 15.5. The topological polar surface area (TPSA) is 61.1 Å². The quantitative estimate of drug-likeness (QED) is 0.208. The summed E-state index contributed by atoms with van der Waals surface area (Å²) in [6.45, 7) is 0. The Labute approximate surface area is 219 Å². The van der Waals surface area contributed by atoms with Crippen LogP contribution in [0.1, 0.15) is 28.0 Å². The first-order valence-corrected chi connectivity index (χ1v) is 13.4. The first-order chi connectivity index (χ1) is 17.6. The normalized spacial score (nSPS) is 17.3. The Kier molecular flexibility index (Phi) is 7.18. The third kappa shape index (κ3) is 5.36. The maximum atomic E-state index is 11.2. The van der Waals surface area contributed by atoms with Crippen molar-refractivity contribution in [2.45, 2.75) is 12.2 Å². The van der Waals surface area contributed by atoms with Crippen molar-refractivity contribution in [2.24, 2.45) is 5.92 Å². The lowest BCUT2D eigenvalue weighted by Gasteiger charge is -2.18. The van der Waals surface area contributed by atoms with Gasteiger partial charge < -0.3 is 5.11 Å². The number of nitrogens with zero attached hydrogens (tertiary/aromatic N) is 1. The Balaban J connectivity index is 1.41. The Morgan fingerprint density at radius 2 is 1.86 bits per heavy atom. The molecule has 0 fully saturated rings. The second kappa shape index (κ2) is 10.8. The van der Waals surface area contributed by atoms with Crippen molar-refractivity contribution in [3.8, 4) is 16.5 Å². The Hall–Kier alpha value is -3.85. The molecule has 5 heteroatoms. The number of thioether (sulfide) groups is 1. The predicted molar refractivity (Wildman–Crippen MR) is 151 cm³/mol. The lowest BCUT2D eigenvalue weighted by molar-refractivity contribution is -0.132. The van der Waals surface area contributed by atoms with Crippen LogP contribution in [-0.2, 0) is 10.5 Å². The van der Waals surface area contributed by atoms with E-state index in [2.05, 4.69) is 91.0 Å². The molecule has 1 aliphatic heterocycles. The fourth-order valence-electron chi connectivity index (χ4n) is 4.29. The highest BCUT2D eigenvalue weighted by Crippen LogP contribution is 2.41. The second-order valence-corrected chi connectivity index (χ2v) is 10.7. The molecule has 2 aromatic carbocycles. The van der Waals surface area contributed by atoms with E-state index in [1.54, 1.807) is 29.2 Å². The number of benzene rings is 2. The van der Waals surface area contributed by atoms with E-state index < -0.39 is 5.97 Å². The van der Waals surface area contributed by atoms with Crippen molar-refractivity contribution in [1.29, 1.82) is 5.26 Å². The lowest BCUT2D eigenvalue weighted by Crippen LogP contribution is -2.01. The van der Waals surface area contributed by atoms with Crippen molar-refractivity contribution in [1.82, 2.24) is 0 Å². The molecule has 36 heavy (non-hydrogen) atoms. The molecule has 0 bridgehead atoms. The van der Waals surface area contributed by atoms with Gasteiger partial charge in [0.25, 0.3) is 0 Å². The predicted octanol–water partition coefficient (Wildman–Crippen LogP) is 8.21. The molecule has 0 amide bonds. The van der Waals surface area contributed by atoms with E-state index in [1.807, 2.05) is 6.08 Å². The summed E-state index contributed by atoms with van der Waals surface area (Å²) in [4.78, 5) is 14.3. The molecule has 1 aromatic heterocycles. The van der Waals surface area contributed by atoms with Crippen LogP contribution in [0.2, 0.25) is 0 Å². The molecule has 1 unspecified atom stereocenters. The van der Waals surface area contributed by atoms with Crippen LogP contribution < -0.4 is 0 Å². The minimum atomic E-state index is -1.20. The SMILES string of the molecule is N#C/C(=C\C1=Cc2sc(-c3ccc(/C=C(/c4ccccc4)C4C=CC=CC4)cc3)cc2CS1)C(=O)O. The van der Waals surface area contributed by atoms with Crippen molar-refractivity contribution in [3.63, 3.8) is 0 Å². The zero-order valence-electron chi connectivity index (χ0n) is 19.4. The largest absolute Gasteiger partial charge is 0.477 e. The molecule has 5 rings (SSSR count). The number of carboxylic acid groups (broad SMARTS) is 1. The molecule has 176 valence electrons. The van der Waals surface area contributed by atoms with Crippen molar-refractivity contribution >= 4 is 46.8 Å². The molecule has 0 saturated carbocycles. The maximum absolute atomic E-state index is 11.2. The number of hydrogen-bond donors (Lipinski definition) is 1. The van der Waals surface area contributed by atoms with Crippen molar-refractivity contribution in [3.05, 3.63) is 123 Å². The summed E-state index contributed by atoms with van der Waals surface area (Å²) in [5, 5.41) is 18.2. The maximum Gasteiger partial charge on any atom is 0.346 e. The summed E-state index contributed by atoms with van der Waals surface area (Å²) < 4.78 is 0. The van der Waals surface area contributed by atoms with Crippen LogP contribution in [-0.4, -0.2) is 11.1 Å². The zero-order chi connectivity index (χ0) is 24.9. The average molecular weight is 506 g/mol. The van der Waals surface area contributed by atoms with E-state index in [0.29, 0.717) is 5.92 Å². The summed E-state index contributed by atoms with van der Waals surface area (Å²) in [7, 11) is 0. The molecule has 0 spiro atoms. The van der Waals surface area contributed by atoms with Crippen molar-refractivity contribution < 1.29 is 9.90 Å². The van der Waals surface area contributed by atoms with Gasteiger partial charge in [0.05, 0.1) is 0 Å². The number of carbonyl (C=O) groups is 1. The van der Waals surface area contributed by atoms with E-state index in [0.717, 1.165) is 27.5 Å². The highest BCUT2D eigenvalue weighted by Gasteiger charge is 2.17. The summed E-state index contributed by atoms with van der Waals surface area (Å²) >= 11 is 3.25. The second-order valence-electron chi connectivity index (χ2n) is 8.55. The number of rotatable bonds is 6. The van der Waals surface area contributed by atoms with E-state index in [-0.39, 0.29) is 5.57 Å². The highest BCUT2D eigenvalue weighted by atomic mass is 32.2. The average Bonchev–Trinajstić information content (AvgIpc) is 3.35. The molecule has 2 aliphatic rings. The van der Waals surface area contributed by atoms with E-state index in [4.69, 9.17) is 10.4 Å². The van der Waals surface area contributed by atoms with Gasteiger partial charge in [0, 0.05) is 26.3 Å². The van der Waals surface area contributed by atoms with Gasteiger partial charge in [0.15, 0.2) is 0 Å². The number of carboxylic acids is 1. The van der Waals surface area contributed by atoms with Crippen LogP contribution in [0.15, 0.2) is 102 Å². The Morgan fingerprint density at radius 1 is 1.06 bits per heavy atom. The molecule has 3 nitrogen and oxygen atoms in total. The van der Waals surface area contributed by atoms with Crippen LogP contribution in [0.25, 0.3) is 28.2 Å². The van der Waals surface area contributed by atoms with Gasteiger partial charge in [-0.3, -0.25) is 0 Å². The first-order valence-electron chi connectivity index (χ1n) is 11.6. The summed E-state index contributed by atoms with van der Waals surface area (Å²) in [5.74, 6) is -0.0783. The number of hydrogen-bond acceptors (Lipinski definition) is 4. The minimum Gasteiger partial charge on any atom is -0.477 e. The fraction of sp³-hybridized carbons (Fsp3) is 0.0968. The molecule has 0 saturated heterocycles. The molecular weight excluding hydrogens is 482 g/mol. The third-order valence-corrected chi connectivity index (χ3v) is 8.35.